The first-order valence-corrected chi connectivity index (χ1v) is 4.41. The zero-order chi connectivity index (χ0) is 8.18. The Bertz CT molecular complexity index is 356. The van der Waals surface area contributed by atoms with E-state index in [0.717, 1.165) is 19.1 Å². The highest BCUT2D eigenvalue weighted by molar-refractivity contribution is 5.77. The summed E-state index contributed by atoms with van der Waals surface area (Å²) in [4.78, 5) is 10.9. The summed E-state index contributed by atoms with van der Waals surface area (Å²) in [6, 6.07) is 8.34. The van der Waals surface area contributed by atoms with Gasteiger partial charge in [0, 0.05) is 0 Å². The minimum absolute atomic E-state index is 0.0450. The van der Waals surface area contributed by atoms with Crippen molar-refractivity contribution >= 4 is 6.29 Å². The minimum Gasteiger partial charge on any atom is -0.302 e. The molecule has 0 bridgehead atoms. The van der Waals surface area contributed by atoms with Crippen LogP contribution in [-0.4, -0.2) is 6.29 Å². The van der Waals surface area contributed by atoms with Crippen molar-refractivity contribution in [2.75, 3.05) is 0 Å². The molecule has 1 nitrogen and oxygen atoms in total. The zero-order valence-corrected chi connectivity index (χ0v) is 6.79. The highest BCUT2D eigenvalue weighted by Crippen LogP contribution is 2.60. The second kappa shape index (κ2) is 1.79. The predicted molar refractivity (Wildman–Crippen MR) is 46.0 cm³/mol. The van der Waals surface area contributed by atoms with Crippen molar-refractivity contribution in [3.8, 4) is 0 Å². The van der Waals surface area contributed by atoms with Crippen LogP contribution in [0.25, 0.3) is 0 Å². The quantitative estimate of drug-likeness (QED) is 0.568. The van der Waals surface area contributed by atoms with Crippen LogP contribution in [0.1, 0.15) is 17.5 Å². The van der Waals surface area contributed by atoms with E-state index in [1.54, 1.807) is 0 Å². The molecule has 1 fully saturated rings. The Morgan fingerprint density at radius 3 is 3.08 bits per heavy atom. The number of carbonyl (C=O) groups excluding carboxylic acids is 1. The normalized spacial score (nSPS) is 35.5. The molecule has 12 heavy (non-hydrogen) atoms. The highest BCUT2D eigenvalue weighted by atomic mass is 16.1. The Morgan fingerprint density at radius 1 is 1.42 bits per heavy atom. The van der Waals surface area contributed by atoms with Gasteiger partial charge in [-0.3, -0.25) is 0 Å². The molecular formula is C11H10O. The summed E-state index contributed by atoms with van der Waals surface area (Å²) in [6.07, 6.45) is 3.37. The number of fused-ring (bicyclic) bond motifs is 3. The van der Waals surface area contributed by atoms with Crippen molar-refractivity contribution in [3.05, 3.63) is 35.4 Å². The maximum Gasteiger partial charge on any atom is 0.130 e. The Kier molecular flexibility index (Phi) is 0.957. The lowest BCUT2D eigenvalue weighted by atomic mass is 9.97. The lowest BCUT2D eigenvalue weighted by Gasteiger charge is -2.05. The van der Waals surface area contributed by atoms with Crippen LogP contribution >= 0.6 is 0 Å². The fourth-order valence-electron chi connectivity index (χ4n) is 2.56. The monoisotopic (exact) mass is 158 g/mol. The molecule has 0 N–H and O–H groups in total. The largest absolute Gasteiger partial charge is 0.302 e. The van der Waals surface area contributed by atoms with E-state index >= 15 is 0 Å². The maximum atomic E-state index is 10.9. The van der Waals surface area contributed by atoms with E-state index in [2.05, 4.69) is 18.2 Å². The van der Waals surface area contributed by atoms with Gasteiger partial charge in [-0.1, -0.05) is 24.3 Å². The third-order valence-corrected chi connectivity index (χ3v) is 3.35. The number of rotatable bonds is 1. The van der Waals surface area contributed by atoms with Gasteiger partial charge in [-0.15, -0.1) is 0 Å². The third kappa shape index (κ3) is 0.544. The molecule has 1 aromatic carbocycles. The van der Waals surface area contributed by atoms with Gasteiger partial charge in [0.05, 0.1) is 5.41 Å². The summed E-state index contributed by atoms with van der Waals surface area (Å²) in [5.74, 6) is 0.632. The average molecular weight is 158 g/mol. The van der Waals surface area contributed by atoms with E-state index in [9.17, 15) is 4.79 Å². The molecule has 1 aromatic rings. The van der Waals surface area contributed by atoms with E-state index in [1.165, 1.54) is 11.1 Å². The summed E-state index contributed by atoms with van der Waals surface area (Å²) in [5.41, 5.74) is 2.64. The van der Waals surface area contributed by atoms with Crippen molar-refractivity contribution in [2.24, 2.45) is 5.92 Å². The van der Waals surface area contributed by atoms with Gasteiger partial charge in [0.1, 0.15) is 6.29 Å². The topological polar surface area (TPSA) is 17.1 Å². The minimum atomic E-state index is -0.0450. The van der Waals surface area contributed by atoms with Crippen molar-refractivity contribution < 1.29 is 4.79 Å². The predicted octanol–water partition coefficient (Wildman–Crippen LogP) is 1.70. The van der Waals surface area contributed by atoms with Crippen molar-refractivity contribution in [1.82, 2.24) is 0 Å². The lowest BCUT2D eigenvalue weighted by Crippen LogP contribution is -2.07. The molecular weight excluding hydrogens is 148 g/mol. The smallest absolute Gasteiger partial charge is 0.130 e. The fraction of sp³-hybridized carbons (Fsp3) is 0.364. The van der Waals surface area contributed by atoms with Crippen molar-refractivity contribution in [1.29, 1.82) is 0 Å². The molecule has 1 saturated carbocycles. The Balaban J connectivity index is 2.22. The molecule has 0 amide bonds. The first-order valence-electron chi connectivity index (χ1n) is 4.41. The molecule has 2 aliphatic carbocycles. The molecule has 0 aromatic heterocycles. The SMILES string of the molecule is O=CC12CC1Cc1ccccc12. The van der Waals surface area contributed by atoms with Crippen LogP contribution < -0.4 is 0 Å². The molecule has 0 radical (unpaired) electrons. The van der Waals surface area contributed by atoms with Crippen LogP contribution in [0.5, 0.6) is 0 Å². The fourth-order valence-corrected chi connectivity index (χ4v) is 2.56. The molecule has 0 heterocycles. The van der Waals surface area contributed by atoms with E-state index in [4.69, 9.17) is 0 Å². The zero-order valence-electron chi connectivity index (χ0n) is 6.79. The number of hydrogen-bond donors (Lipinski definition) is 0. The average Bonchev–Trinajstić information content (AvgIpc) is 2.75. The summed E-state index contributed by atoms with van der Waals surface area (Å²) < 4.78 is 0. The van der Waals surface area contributed by atoms with Gasteiger partial charge in [-0.2, -0.15) is 0 Å². The van der Waals surface area contributed by atoms with Crippen molar-refractivity contribution in [2.45, 2.75) is 18.3 Å². The van der Waals surface area contributed by atoms with Crippen LogP contribution in [0.4, 0.5) is 0 Å². The van der Waals surface area contributed by atoms with Gasteiger partial charge in [0.2, 0.25) is 0 Å². The second-order valence-electron chi connectivity index (χ2n) is 3.92. The van der Waals surface area contributed by atoms with Gasteiger partial charge in [-0.25, -0.2) is 0 Å². The molecule has 2 aliphatic rings. The summed E-state index contributed by atoms with van der Waals surface area (Å²) >= 11 is 0. The summed E-state index contributed by atoms with van der Waals surface area (Å²) in [6.45, 7) is 0. The van der Waals surface area contributed by atoms with E-state index < -0.39 is 0 Å². The number of benzene rings is 1. The van der Waals surface area contributed by atoms with Crippen molar-refractivity contribution in [3.63, 3.8) is 0 Å². The highest BCUT2D eigenvalue weighted by Gasteiger charge is 2.59. The maximum absolute atomic E-state index is 10.9. The van der Waals surface area contributed by atoms with Gasteiger partial charge in [0.25, 0.3) is 0 Å². The number of hydrogen-bond acceptors (Lipinski definition) is 1. The standard InChI is InChI=1S/C11H10O/c12-7-11-6-9(11)5-8-3-1-2-4-10(8)11/h1-4,7,9H,5-6H2. The van der Waals surface area contributed by atoms with Gasteiger partial charge >= 0.3 is 0 Å². The Hall–Kier alpha value is -1.11. The molecule has 3 rings (SSSR count). The molecule has 0 aliphatic heterocycles. The lowest BCUT2D eigenvalue weighted by molar-refractivity contribution is -0.110. The van der Waals surface area contributed by atoms with E-state index in [-0.39, 0.29) is 5.41 Å². The van der Waals surface area contributed by atoms with Gasteiger partial charge < -0.3 is 4.79 Å². The number of carbonyl (C=O) groups is 1. The summed E-state index contributed by atoms with van der Waals surface area (Å²) in [7, 11) is 0. The first kappa shape index (κ1) is 6.41. The summed E-state index contributed by atoms with van der Waals surface area (Å²) in [5, 5.41) is 0. The van der Waals surface area contributed by atoms with E-state index in [0.29, 0.717) is 5.92 Å². The number of aldehydes is 1. The molecule has 2 unspecified atom stereocenters. The third-order valence-electron chi connectivity index (χ3n) is 3.35. The van der Waals surface area contributed by atoms with Crippen LogP contribution in [0.15, 0.2) is 24.3 Å². The Morgan fingerprint density at radius 2 is 2.25 bits per heavy atom. The molecule has 2 atom stereocenters. The van der Waals surface area contributed by atoms with Crippen LogP contribution in [0, 0.1) is 5.92 Å². The van der Waals surface area contributed by atoms with Gasteiger partial charge in [-0.05, 0) is 29.9 Å². The molecule has 60 valence electrons. The van der Waals surface area contributed by atoms with Gasteiger partial charge in [0.15, 0.2) is 0 Å². The molecule has 0 spiro atoms. The molecule has 1 heteroatoms. The van der Waals surface area contributed by atoms with Crippen LogP contribution in [-0.2, 0) is 16.6 Å². The molecule has 0 saturated heterocycles. The second-order valence-corrected chi connectivity index (χ2v) is 3.92. The van der Waals surface area contributed by atoms with Crippen LogP contribution in [0.3, 0.4) is 0 Å². The van der Waals surface area contributed by atoms with E-state index in [1.807, 2.05) is 6.07 Å². The first-order chi connectivity index (χ1) is 5.87. The van der Waals surface area contributed by atoms with Crippen LogP contribution in [0.2, 0.25) is 0 Å². The Labute approximate surface area is 71.4 Å².